The van der Waals surface area contributed by atoms with E-state index in [1.54, 1.807) is 0 Å². The normalized spacial score (nSPS) is 20.0. The highest BCUT2D eigenvalue weighted by atomic mass is 16.5. The highest BCUT2D eigenvalue weighted by Crippen LogP contribution is 2.08. The number of nitrogens with zero attached hydrogens (tertiary/aromatic N) is 1. The molecule has 0 radical (unpaired) electrons. The Morgan fingerprint density at radius 3 is 2.79 bits per heavy atom. The van der Waals surface area contributed by atoms with Crippen molar-refractivity contribution in [1.82, 2.24) is 10.2 Å². The predicted octanol–water partition coefficient (Wildman–Crippen LogP) is 0.789. The smallest absolute Gasteiger partial charge is 0.251 e. The molecule has 0 aliphatic carbocycles. The lowest BCUT2D eigenvalue weighted by atomic mass is 10.2. The molecule has 1 unspecified atom stereocenters. The van der Waals surface area contributed by atoms with Crippen molar-refractivity contribution in [3.8, 4) is 0 Å². The summed E-state index contributed by atoms with van der Waals surface area (Å²) in [5.74, 6) is -0.0560. The summed E-state index contributed by atoms with van der Waals surface area (Å²) in [5, 5.41) is 5.94. The van der Waals surface area contributed by atoms with E-state index < -0.39 is 0 Å². The molecule has 1 aromatic rings. The third-order valence-electron chi connectivity index (χ3n) is 3.27. The van der Waals surface area contributed by atoms with Crippen LogP contribution in [0.1, 0.15) is 10.4 Å². The van der Waals surface area contributed by atoms with Gasteiger partial charge in [0, 0.05) is 37.9 Å². The molecular formula is C14H21N3O2. The topological polar surface area (TPSA) is 53.6 Å². The molecule has 19 heavy (non-hydrogen) atoms. The number of hydrogen-bond donors (Lipinski definition) is 2. The molecule has 1 saturated heterocycles. The molecule has 2 N–H and O–H groups in total. The second kappa shape index (κ2) is 6.54. The SMILES string of the molecule is CNc1ccc(C(=O)NCC2CN(C)CCO2)cc1. The molecule has 1 amide bonds. The number of nitrogens with one attached hydrogen (secondary N) is 2. The number of carbonyl (C=O) groups excluding carboxylic acids is 1. The lowest BCUT2D eigenvalue weighted by molar-refractivity contribution is -0.0175. The predicted molar refractivity (Wildman–Crippen MR) is 75.6 cm³/mol. The Labute approximate surface area is 113 Å². The van der Waals surface area contributed by atoms with Crippen LogP contribution in [0, 0.1) is 0 Å². The Bertz CT molecular complexity index is 419. The molecule has 1 aliphatic heterocycles. The lowest BCUT2D eigenvalue weighted by Gasteiger charge is -2.30. The minimum absolute atomic E-state index is 0.0560. The molecule has 2 rings (SSSR count). The zero-order valence-electron chi connectivity index (χ0n) is 11.5. The van der Waals surface area contributed by atoms with E-state index in [0.29, 0.717) is 12.1 Å². The van der Waals surface area contributed by atoms with Crippen molar-refractivity contribution < 1.29 is 9.53 Å². The van der Waals surface area contributed by atoms with Crippen molar-refractivity contribution in [2.45, 2.75) is 6.10 Å². The van der Waals surface area contributed by atoms with E-state index in [0.717, 1.165) is 25.4 Å². The zero-order chi connectivity index (χ0) is 13.7. The van der Waals surface area contributed by atoms with Gasteiger partial charge >= 0.3 is 0 Å². The van der Waals surface area contributed by atoms with Gasteiger partial charge < -0.3 is 20.3 Å². The number of amides is 1. The minimum atomic E-state index is -0.0560. The van der Waals surface area contributed by atoms with Gasteiger partial charge in [-0.3, -0.25) is 4.79 Å². The van der Waals surface area contributed by atoms with Gasteiger partial charge in [-0.05, 0) is 31.3 Å². The maximum absolute atomic E-state index is 12.0. The van der Waals surface area contributed by atoms with Crippen LogP contribution in [0.3, 0.4) is 0 Å². The fourth-order valence-corrected chi connectivity index (χ4v) is 2.09. The highest BCUT2D eigenvalue weighted by molar-refractivity contribution is 5.94. The van der Waals surface area contributed by atoms with Gasteiger partial charge in [0.25, 0.3) is 5.91 Å². The number of likely N-dealkylation sites (N-methyl/N-ethyl adjacent to an activating group) is 1. The van der Waals surface area contributed by atoms with E-state index in [-0.39, 0.29) is 12.0 Å². The van der Waals surface area contributed by atoms with E-state index in [1.165, 1.54) is 0 Å². The summed E-state index contributed by atoms with van der Waals surface area (Å²) in [6.07, 6.45) is 0.0827. The average Bonchev–Trinajstić information content (AvgIpc) is 2.45. The van der Waals surface area contributed by atoms with Crippen LogP contribution < -0.4 is 10.6 Å². The third kappa shape index (κ3) is 3.94. The van der Waals surface area contributed by atoms with Gasteiger partial charge in [-0.1, -0.05) is 0 Å². The highest BCUT2D eigenvalue weighted by Gasteiger charge is 2.18. The molecule has 1 aromatic carbocycles. The number of benzene rings is 1. The van der Waals surface area contributed by atoms with Crippen LogP contribution in [0.4, 0.5) is 5.69 Å². The fraction of sp³-hybridized carbons (Fsp3) is 0.500. The molecule has 1 heterocycles. The first-order valence-electron chi connectivity index (χ1n) is 6.55. The molecule has 1 aliphatic rings. The zero-order valence-corrected chi connectivity index (χ0v) is 11.5. The van der Waals surface area contributed by atoms with Gasteiger partial charge in [-0.25, -0.2) is 0 Å². The molecule has 0 saturated carbocycles. The van der Waals surface area contributed by atoms with Crippen LogP contribution in [-0.2, 0) is 4.74 Å². The van der Waals surface area contributed by atoms with E-state index >= 15 is 0 Å². The van der Waals surface area contributed by atoms with E-state index in [2.05, 4.69) is 22.6 Å². The molecule has 1 fully saturated rings. The Balaban J connectivity index is 1.83. The summed E-state index contributed by atoms with van der Waals surface area (Å²) in [6.45, 7) is 3.10. The van der Waals surface area contributed by atoms with E-state index in [1.807, 2.05) is 31.3 Å². The summed E-state index contributed by atoms with van der Waals surface area (Å²) in [6, 6.07) is 7.41. The third-order valence-corrected chi connectivity index (χ3v) is 3.27. The molecule has 0 spiro atoms. The number of rotatable bonds is 4. The molecule has 5 heteroatoms. The first-order valence-corrected chi connectivity index (χ1v) is 6.55. The molecular weight excluding hydrogens is 242 g/mol. The van der Waals surface area contributed by atoms with Crippen molar-refractivity contribution >= 4 is 11.6 Å². The number of morpholine rings is 1. The molecule has 104 valence electrons. The number of anilines is 1. The molecule has 1 atom stereocenters. The number of ether oxygens (including phenoxy) is 1. The minimum Gasteiger partial charge on any atom is -0.388 e. The number of carbonyl (C=O) groups is 1. The average molecular weight is 263 g/mol. The van der Waals surface area contributed by atoms with E-state index in [4.69, 9.17) is 4.74 Å². The van der Waals surface area contributed by atoms with Crippen molar-refractivity contribution in [1.29, 1.82) is 0 Å². The second-order valence-corrected chi connectivity index (χ2v) is 4.79. The maximum atomic E-state index is 12.0. The maximum Gasteiger partial charge on any atom is 0.251 e. The van der Waals surface area contributed by atoms with Crippen LogP contribution >= 0.6 is 0 Å². The Morgan fingerprint density at radius 1 is 1.42 bits per heavy atom. The summed E-state index contributed by atoms with van der Waals surface area (Å²) >= 11 is 0. The van der Waals surface area contributed by atoms with Crippen LogP contribution in [0.15, 0.2) is 24.3 Å². The first-order chi connectivity index (χ1) is 9.19. The Hall–Kier alpha value is -1.59. The standard InChI is InChI=1S/C14H21N3O2/c1-15-12-5-3-11(4-6-12)14(18)16-9-13-10-17(2)7-8-19-13/h3-6,13,15H,7-10H2,1-2H3,(H,16,18). The Morgan fingerprint density at radius 2 is 2.16 bits per heavy atom. The van der Waals surface area contributed by atoms with Crippen molar-refractivity contribution in [2.24, 2.45) is 0 Å². The summed E-state index contributed by atoms with van der Waals surface area (Å²) in [7, 11) is 3.92. The van der Waals surface area contributed by atoms with Gasteiger partial charge in [0.2, 0.25) is 0 Å². The van der Waals surface area contributed by atoms with Crippen LogP contribution in [-0.4, -0.2) is 57.2 Å². The van der Waals surface area contributed by atoms with Crippen molar-refractivity contribution in [3.63, 3.8) is 0 Å². The van der Waals surface area contributed by atoms with Crippen LogP contribution in [0.5, 0.6) is 0 Å². The summed E-state index contributed by atoms with van der Waals surface area (Å²) < 4.78 is 5.60. The van der Waals surface area contributed by atoms with Crippen molar-refractivity contribution in [3.05, 3.63) is 29.8 Å². The van der Waals surface area contributed by atoms with Crippen LogP contribution in [0.2, 0.25) is 0 Å². The van der Waals surface area contributed by atoms with Crippen molar-refractivity contribution in [2.75, 3.05) is 45.7 Å². The molecule has 5 nitrogen and oxygen atoms in total. The molecule has 0 bridgehead atoms. The monoisotopic (exact) mass is 263 g/mol. The largest absolute Gasteiger partial charge is 0.388 e. The first kappa shape index (κ1) is 13.8. The summed E-state index contributed by atoms with van der Waals surface area (Å²) in [5.41, 5.74) is 1.66. The van der Waals surface area contributed by atoms with Gasteiger partial charge in [-0.2, -0.15) is 0 Å². The van der Waals surface area contributed by atoms with Gasteiger partial charge in [0.05, 0.1) is 12.7 Å². The quantitative estimate of drug-likeness (QED) is 0.843. The fourth-order valence-electron chi connectivity index (χ4n) is 2.09. The number of hydrogen-bond acceptors (Lipinski definition) is 4. The second-order valence-electron chi connectivity index (χ2n) is 4.79. The molecule has 0 aromatic heterocycles. The van der Waals surface area contributed by atoms with E-state index in [9.17, 15) is 4.79 Å². The lowest BCUT2D eigenvalue weighted by Crippen LogP contribution is -2.45. The van der Waals surface area contributed by atoms with Gasteiger partial charge in [0.15, 0.2) is 0 Å². The summed E-state index contributed by atoms with van der Waals surface area (Å²) in [4.78, 5) is 14.2. The Kier molecular flexibility index (Phi) is 4.76. The van der Waals surface area contributed by atoms with Gasteiger partial charge in [-0.15, -0.1) is 0 Å². The van der Waals surface area contributed by atoms with Crippen LogP contribution in [0.25, 0.3) is 0 Å². The van der Waals surface area contributed by atoms with Gasteiger partial charge in [0.1, 0.15) is 0 Å².